The van der Waals surface area contributed by atoms with Crippen molar-refractivity contribution in [3.05, 3.63) is 23.8 Å². The Hall–Kier alpha value is -2.08. The van der Waals surface area contributed by atoms with Crippen LogP contribution in [0.25, 0.3) is 0 Å². The predicted molar refractivity (Wildman–Crippen MR) is 65.5 cm³/mol. The Kier molecular flexibility index (Phi) is 2.50. The van der Waals surface area contributed by atoms with E-state index in [1.54, 1.807) is 25.2 Å². The van der Waals surface area contributed by atoms with Crippen LogP contribution in [-0.4, -0.2) is 43.9 Å². The zero-order chi connectivity index (χ0) is 13.6. The number of carboxylic acid groups (broad SMARTS) is 1. The number of carbonyl (C=O) groups is 2. The van der Waals surface area contributed by atoms with Gasteiger partial charge >= 0.3 is 5.97 Å². The smallest absolute Gasteiger partial charge is 0.318 e. The first kappa shape index (κ1) is 12.0. The zero-order valence-corrected chi connectivity index (χ0v) is 10.4. The van der Waals surface area contributed by atoms with E-state index >= 15 is 0 Å². The first-order chi connectivity index (χ1) is 9.04. The average Bonchev–Trinajstić information content (AvgIpc) is 2.32. The summed E-state index contributed by atoms with van der Waals surface area (Å²) in [5.41, 5.74) is 0.312. The molecule has 0 spiro atoms. The number of hydrogen-bond acceptors (Lipinski definition) is 4. The number of hydrogen-bond donors (Lipinski definition) is 1. The summed E-state index contributed by atoms with van der Waals surface area (Å²) < 4.78 is 10.4. The van der Waals surface area contributed by atoms with E-state index in [2.05, 4.69) is 0 Å². The maximum Gasteiger partial charge on any atom is 0.318 e. The molecule has 0 atom stereocenters. The Morgan fingerprint density at radius 3 is 2.74 bits per heavy atom. The Balaban J connectivity index is 2.03. The molecule has 2 aliphatic heterocycles. The monoisotopic (exact) mass is 263 g/mol. The van der Waals surface area contributed by atoms with Crippen LogP contribution in [0, 0.1) is 0 Å². The van der Waals surface area contributed by atoms with Crippen LogP contribution < -0.4 is 9.64 Å². The third-order valence-corrected chi connectivity index (χ3v) is 3.71. The van der Waals surface area contributed by atoms with Gasteiger partial charge in [0.15, 0.2) is 6.61 Å². The number of fused-ring (bicyclic) bond motifs is 1. The van der Waals surface area contributed by atoms with E-state index < -0.39 is 11.4 Å². The lowest BCUT2D eigenvalue weighted by atomic mass is 9.78. The van der Waals surface area contributed by atoms with E-state index in [0.29, 0.717) is 17.0 Å². The quantitative estimate of drug-likeness (QED) is 0.835. The lowest BCUT2D eigenvalue weighted by Gasteiger charge is -2.38. The zero-order valence-electron chi connectivity index (χ0n) is 10.4. The summed E-state index contributed by atoms with van der Waals surface area (Å²) in [7, 11) is 1.67. The van der Waals surface area contributed by atoms with Crippen molar-refractivity contribution in [3.8, 4) is 5.75 Å². The molecular weight excluding hydrogens is 250 g/mol. The normalized spacial score (nSPS) is 20.3. The molecule has 2 aliphatic rings. The Bertz CT molecular complexity index is 564. The molecule has 0 saturated carbocycles. The summed E-state index contributed by atoms with van der Waals surface area (Å²) in [6, 6.07) is 5.12. The predicted octanol–water partition coefficient (Wildman–Crippen LogP) is 0.394. The number of amides is 1. The lowest BCUT2D eigenvalue weighted by molar-refractivity contribution is -0.163. The number of anilines is 1. The molecule has 0 aromatic heterocycles. The third kappa shape index (κ3) is 1.60. The summed E-state index contributed by atoms with van der Waals surface area (Å²) in [6.45, 7) is 0.301. The van der Waals surface area contributed by atoms with Gasteiger partial charge in [-0.1, -0.05) is 6.07 Å². The van der Waals surface area contributed by atoms with Crippen molar-refractivity contribution >= 4 is 17.6 Å². The van der Waals surface area contributed by atoms with Crippen LogP contribution in [0.2, 0.25) is 0 Å². The van der Waals surface area contributed by atoms with E-state index in [4.69, 9.17) is 9.47 Å². The second kappa shape index (κ2) is 3.96. The molecule has 1 saturated heterocycles. The number of carbonyl (C=O) groups excluding carboxylic acids is 1. The van der Waals surface area contributed by atoms with Gasteiger partial charge in [0, 0.05) is 7.05 Å². The van der Waals surface area contributed by atoms with Gasteiger partial charge in [0.2, 0.25) is 0 Å². The molecule has 0 radical (unpaired) electrons. The van der Waals surface area contributed by atoms with E-state index in [9.17, 15) is 14.7 Å². The molecule has 1 aromatic rings. The SMILES string of the molecule is CN1C(=O)COc2cc(C3(C(=O)O)COC3)ccc21. The number of rotatable bonds is 2. The maximum atomic E-state index is 11.5. The van der Waals surface area contributed by atoms with E-state index in [1.165, 1.54) is 4.90 Å². The highest BCUT2D eigenvalue weighted by atomic mass is 16.5. The Morgan fingerprint density at radius 1 is 1.42 bits per heavy atom. The second-order valence-corrected chi connectivity index (χ2v) is 4.80. The molecular formula is C13H13NO5. The molecule has 0 aliphatic carbocycles. The molecule has 3 rings (SSSR count). The second-order valence-electron chi connectivity index (χ2n) is 4.80. The van der Waals surface area contributed by atoms with Crippen molar-refractivity contribution in [1.82, 2.24) is 0 Å². The van der Waals surface area contributed by atoms with Crippen LogP contribution in [0.4, 0.5) is 5.69 Å². The van der Waals surface area contributed by atoms with Crippen LogP contribution in [0.15, 0.2) is 18.2 Å². The fourth-order valence-electron chi connectivity index (χ4n) is 2.29. The lowest BCUT2D eigenvalue weighted by Crippen LogP contribution is -2.53. The molecule has 0 bridgehead atoms. The molecule has 2 heterocycles. The van der Waals surface area contributed by atoms with E-state index in [0.717, 1.165) is 0 Å². The van der Waals surface area contributed by atoms with Crippen molar-refractivity contribution in [3.63, 3.8) is 0 Å². The first-order valence-corrected chi connectivity index (χ1v) is 5.90. The summed E-state index contributed by atoms with van der Waals surface area (Å²) >= 11 is 0. The number of benzene rings is 1. The van der Waals surface area contributed by atoms with Crippen molar-refractivity contribution in [2.75, 3.05) is 31.8 Å². The van der Waals surface area contributed by atoms with Gasteiger partial charge in [0.25, 0.3) is 5.91 Å². The van der Waals surface area contributed by atoms with Gasteiger partial charge in [-0.05, 0) is 17.7 Å². The van der Waals surface area contributed by atoms with Crippen LogP contribution in [0.1, 0.15) is 5.56 Å². The summed E-state index contributed by atoms with van der Waals surface area (Å²) in [5.74, 6) is -0.494. The van der Waals surface area contributed by atoms with Crippen LogP contribution in [0.5, 0.6) is 5.75 Å². The molecule has 19 heavy (non-hydrogen) atoms. The number of likely N-dealkylation sites (N-methyl/N-ethyl adjacent to an activating group) is 1. The Morgan fingerprint density at radius 2 is 2.16 bits per heavy atom. The Labute approximate surface area is 109 Å². The molecule has 1 amide bonds. The van der Waals surface area contributed by atoms with Crippen LogP contribution in [0.3, 0.4) is 0 Å². The molecule has 1 fully saturated rings. The third-order valence-electron chi connectivity index (χ3n) is 3.71. The van der Waals surface area contributed by atoms with Gasteiger partial charge in [-0.3, -0.25) is 9.59 Å². The fourth-order valence-corrected chi connectivity index (χ4v) is 2.29. The van der Waals surface area contributed by atoms with Gasteiger partial charge in [-0.2, -0.15) is 0 Å². The van der Waals surface area contributed by atoms with Crippen molar-refractivity contribution in [2.45, 2.75) is 5.41 Å². The van der Waals surface area contributed by atoms with Crippen molar-refractivity contribution < 1.29 is 24.2 Å². The van der Waals surface area contributed by atoms with Gasteiger partial charge in [0.05, 0.1) is 18.9 Å². The van der Waals surface area contributed by atoms with Crippen LogP contribution in [-0.2, 0) is 19.7 Å². The molecule has 6 heteroatoms. The largest absolute Gasteiger partial charge is 0.482 e. The fraction of sp³-hybridized carbons (Fsp3) is 0.385. The average molecular weight is 263 g/mol. The van der Waals surface area contributed by atoms with Gasteiger partial charge in [-0.15, -0.1) is 0 Å². The summed E-state index contributed by atoms with van der Waals surface area (Å²) in [6.07, 6.45) is 0. The molecule has 1 aromatic carbocycles. The highest BCUT2D eigenvalue weighted by Crippen LogP contribution is 2.39. The van der Waals surface area contributed by atoms with Gasteiger partial charge in [-0.25, -0.2) is 0 Å². The molecule has 0 unspecified atom stereocenters. The number of nitrogens with zero attached hydrogens (tertiary/aromatic N) is 1. The first-order valence-electron chi connectivity index (χ1n) is 5.90. The standard InChI is InChI=1S/C13H13NO5/c1-14-9-3-2-8(4-10(9)19-5-11(14)15)13(12(16)17)6-18-7-13/h2-4H,5-7H2,1H3,(H,16,17). The summed E-state index contributed by atoms with van der Waals surface area (Å²) in [5, 5.41) is 9.35. The van der Waals surface area contributed by atoms with E-state index in [-0.39, 0.29) is 25.7 Å². The number of ether oxygens (including phenoxy) is 2. The number of carboxylic acids is 1. The minimum atomic E-state index is -0.988. The molecule has 1 N–H and O–H groups in total. The van der Waals surface area contributed by atoms with Crippen molar-refractivity contribution in [2.24, 2.45) is 0 Å². The van der Waals surface area contributed by atoms with Gasteiger partial charge in [0.1, 0.15) is 11.2 Å². The topological polar surface area (TPSA) is 76.1 Å². The van der Waals surface area contributed by atoms with Gasteiger partial charge < -0.3 is 19.5 Å². The van der Waals surface area contributed by atoms with E-state index in [1.807, 2.05) is 0 Å². The summed E-state index contributed by atoms with van der Waals surface area (Å²) in [4.78, 5) is 24.4. The maximum absolute atomic E-state index is 11.5. The van der Waals surface area contributed by atoms with Crippen LogP contribution >= 0.6 is 0 Å². The van der Waals surface area contributed by atoms with Crippen molar-refractivity contribution in [1.29, 1.82) is 0 Å². The molecule has 100 valence electrons. The molecule has 6 nitrogen and oxygen atoms in total. The minimum Gasteiger partial charge on any atom is -0.482 e. The highest BCUT2D eigenvalue weighted by molar-refractivity contribution is 5.97. The number of aliphatic carboxylic acids is 1. The highest BCUT2D eigenvalue weighted by Gasteiger charge is 2.48. The minimum absolute atomic E-state index is 0.0243.